The third kappa shape index (κ3) is 3.02. The van der Waals surface area contributed by atoms with Gasteiger partial charge in [0, 0.05) is 0 Å². The van der Waals surface area contributed by atoms with Gasteiger partial charge in [0.15, 0.2) is 4.77 Å². The van der Waals surface area contributed by atoms with Gasteiger partial charge in [0.25, 0.3) is 5.56 Å². The van der Waals surface area contributed by atoms with Gasteiger partial charge in [-0.1, -0.05) is 35.9 Å². The van der Waals surface area contributed by atoms with Gasteiger partial charge in [-0.2, -0.15) is 0 Å². The minimum Gasteiger partial charge on any atom is -0.468 e. The van der Waals surface area contributed by atoms with Gasteiger partial charge in [-0.05, 0) is 75.8 Å². The van der Waals surface area contributed by atoms with Gasteiger partial charge in [0.2, 0.25) is 5.88 Å². The van der Waals surface area contributed by atoms with E-state index in [1.165, 1.54) is 0 Å². The number of aromatic nitrogens is 2. The molecular weight excluding hydrogens is 368 g/mol. The number of ether oxygens (including phenoxy) is 1. The van der Waals surface area contributed by atoms with Crippen molar-refractivity contribution in [3.63, 3.8) is 0 Å². The number of benzene rings is 2. The Hall–Kier alpha value is -2.92. The van der Waals surface area contributed by atoms with Crippen molar-refractivity contribution in [1.29, 1.82) is 0 Å². The molecule has 142 valence electrons. The predicted molar refractivity (Wildman–Crippen MR) is 115 cm³/mol. The Balaban J connectivity index is 2.15. The molecule has 4 rings (SSSR count). The normalized spacial score (nSPS) is 14.8. The fourth-order valence-electron chi connectivity index (χ4n) is 3.62. The van der Waals surface area contributed by atoms with E-state index in [2.05, 4.69) is 0 Å². The summed E-state index contributed by atoms with van der Waals surface area (Å²) < 4.78 is 10.1. The van der Waals surface area contributed by atoms with Crippen LogP contribution >= 0.6 is 12.2 Å². The highest BCUT2D eigenvalue weighted by Crippen LogP contribution is 2.36. The summed E-state index contributed by atoms with van der Waals surface area (Å²) in [5.74, 6) is 0.496. The first kappa shape index (κ1) is 18.4. The van der Waals surface area contributed by atoms with Crippen molar-refractivity contribution in [1.82, 2.24) is 9.13 Å². The number of fused-ring (bicyclic) bond motifs is 1. The van der Waals surface area contributed by atoms with E-state index in [0.29, 0.717) is 16.2 Å². The average molecular weight is 391 g/mol. The van der Waals surface area contributed by atoms with Crippen molar-refractivity contribution in [3.05, 3.63) is 86.9 Å². The summed E-state index contributed by atoms with van der Waals surface area (Å²) in [5.41, 5.74) is 3.48. The SMILES string of the molecule is CC1=CC(C)(C)Oc2c1c(=O)n(-c1ccccc1)c(=S)n2-c1ccc(C)cc1. The van der Waals surface area contributed by atoms with Crippen LogP contribution in [0.15, 0.2) is 65.5 Å². The summed E-state index contributed by atoms with van der Waals surface area (Å²) in [4.78, 5) is 13.5. The zero-order valence-electron chi connectivity index (χ0n) is 16.4. The maximum absolute atomic E-state index is 13.5. The lowest BCUT2D eigenvalue weighted by Gasteiger charge is -2.32. The highest BCUT2D eigenvalue weighted by atomic mass is 32.1. The Morgan fingerprint density at radius 2 is 1.50 bits per heavy atom. The van der Waals surface area contributed by atoms with Gasteiger partial charge in [-0.25, -0.2) is 0 Å². The Bertz CT molecular complexity index is 1200. The second-order valence-electron chi connectivity index (χ2n) is 7.64. The number of allylic oxidation sites excluding steroid dienone is 1. The number of hydrogen-bond acceptors (Lipinski definition) is 3. The highest BCUT2D eigenvalue weighted by molar-refractivity contribution is 7.71. The topological polar surface area (TPSA) is 36.2 Å². The third-order valence-corrected chi connectivity index (χ3v) is 5.21. The molecule has 0 atom stereocenters. The Morgan fingerprint density at radius 1 is 0.893 bits per heavy atom. The zero-order chi connectivity index (χ0) is 20.1. The molecule has 1 aliphatic rings. The number of hydrogen-bond donors (Lipinski definition) is 0. The van der Waals surface area contributed by atoms with E-state index < -0.39 is 5.60 Å². The van der Waals surface area contributed by atoms with E-state index in [9.17, 15) is 4.79 Å². The minimum absolute atomic E-state index is 0.168. The lowest BCUT2D eigenvalue weighted by atomic mass is 9.98. The second-order valence-corrected chi connectivity index (χ2v) is 8.01. The van der Waals surface area contributed by atoms with E-state index in [1.807, 2.05) is 92.9 Å². The average Bonchev–Trinajstić information content (AvgIpc) is 2.62. The van der Waals surface area contributed by atoms with Gasteiger partial charge in [0.05, 0.1) is 11.4 Å². The lowest BCUT2D eigenvalue weighted by molar-refractivity contribution is 0.144. The first-order chi connectivity index (χ1) is 13.3. The molecule has 2 heterocycles. The van der Waals surface area contributed by atoms with E-state index >= 15 is 0 Å². The molecule has 0 spiro atoms. The van der Waals surface area contributed by atoms with Crippen molar-refractivity contribution in [2.45, 2.75) is 33.3 Å². The zero-order valence-corrected chi connectivity index (χ0v) is 17.2. The molecule has 5 heteroatoms. The summed E-state index contributed by atoms with van der Waals surface area (Å²) in [5, 5.41) is 0. The van der Waals surface area contributed by atoms with Crippen LogP contribution in [0.1, 0.15) is 31.9 Å². The minimum atomic E-state index is -0.531. The first-order valence-corrected chi connectivity index (χ1v) is 9.63. The third-order valence-electron chi connectivity index (χ3n) is 4.84. The Morgan fingerprint density at radius 3 is 2.14 bits per heavy atom. The summed E-state index contributed by atoms with van der Waals surface area (Å²) in [6.45, 7) is 7.94. The summed E-state index contributed by atoms with van der Waals surface area (Å²) in [7, 11) is 0. The molecule has 0 saturated heterocycles. The summed E-state index contributed by atoms with van der Waals surface area (Å²) >= 11 is 5.80. The maximum Gasteiger partial charge on any atom is 0.270 e. The quantitative estimate of drug-likeness (QED) is 0.562. The number of aryl methyl sites for hydroxylation is 1. The first-order valence-electron chi connectivity index (χ1n) is 9.22. The van der Waals surface area contributed by atoms with Crippen LogP contribution in [0.4, 0.5) is 0 Å². The monoisotopic (exact) mass is 390 g/mol. The van der Waals surface area contributed by atoms with E-state index in [0.717, 1.165) is 22.5 Å². The van der Waals surface area contributed by atoms with E-state index in [4.69, 9.17) is 17.0 Å². The van der Waals surface area contributed by atoms with Crippen molar-refractivity contribution < 1.29 is 4.74 Å². The molecule has 1 aliphatic heterocycles. The maximum atomic E-state index is 13.5. The number of para-hydroxylation sites is 1. The van der Waals surface area contributed by atoms with Gasteiger partial charge >= 0.3 is 0 Å². The van der Waals surface area contributed by atoms with Crippen LogP contribution in [0.3, 0.4) is 0 Å². The molecule has 0 aliphatic carbocycles. The fourth-order valence-corrected chi connectivity index (χ4v) is 4.00. The van der Waals surface area contributed by atoms with Gasteiger partial charge < -0.3 is 4.74 Å². The van der Waals surface area contributed by atoms with Crippen LogP contribution in [0.25, 0.3) is 16.9 Å². The Kier molecular flexibility index (Phi) is 4.35. The lowest BCUT2D eigenvalue weighted by Crippen LogP contribution is -2.36. The molecule has 28 heavy (non-hydrogen) atoms. The van der Waals surface area contributed by atoms with Crippen molar-refractivity contribution >= 4 is 17.8 Å². The molecule has 2 aromatic carbocycles. The summed E-state index contributed by atoms with van der Waals surface area (Å²) in [6, 6.07) is 17.5. The molecule has 0 radical (unpaired) electrons. The van der Waals surface area contributed by atoms with Crippen LogP contribution in [-0.4, -0.2) is 14.7 Å². The molecule has 0 fully saturated rings. The molecule has 0 amide bonds. The standard InChI is InChI=1S/C23H22N2O2S/c1-15-10-12-18(13-11-15)25-21-19(16(2)14-23(3,4)27-21)20(26)24(22(25)28)17-8-6-5-7-9-17/h5-14H,1-4H3. The second kappa shape index (κ2) is 6.60. The van der Waals surface area contributed by atoms with Crippen molar-refractivity contribution in [3.8, 4) is 17.3 Å². The van der Waals surface area contributed by atoms with Gasteiger partial charge in [-0.15, -0.1) is 0 Å². The smallest absolute Gasteiger partial charge is 0.270 e. The van der Waals surface area contributed by atoms with E-state index in [1.54, 1.807) is 4.57 Å². The van der Waals surface area contributed by atoms with Gasteiger partial charge in [-0.3, -0.25) is 13.9 Å². The van der Waals surface area contributed by atoms with E-state index in [-0.39, 0.29) is 5.56 Å². The van der Waals surface area contributed by atoms with Crippen LogP contribution in [0, 0.1) is 11.7 Å². The molecule has 0 unspecified atom stereocenters. The van der Waals surface area contributed by atoms with Crippen molar-refractivity contribution in [2.24, 2.45) is 0 Å². The molecule has 0 saturated carbocycles. The van der Waals surface area contributed by atoms with Crippen LogP contribution in [-0.2, 0) is 0 Å². The molecule has 3 aromatic rings. The fraction of sp³-hybridized carbons (Fsp3) is 0.217. The molecular formula is C23H22N2O2S. The van der Waals surface area contributed by atoms with Crippen LogP contribution in [0.2, 0.25) is 0 Å². The molecule has 1 aromatic heterocycles. The predicted octanol–water partition coefficient (Wildman–Crippen LogP) is 5.24. The Labute approximate surface area is 169 Å². The number of rotatable bonds is 2. The van der Waals surface area contributed by atoms with Gasteiger partial charge in [0.1, 0.15) is 11.2 Å². The largest absolute Gasteiger partial charge is 0.468 e. The van der Waals surface area contributed by atoms with Crippen LogP contribution < -0.4 is 10.3 Å². The summed E-state index contributed by atoms with van der Waals surface area (Å²) in [6.07, 6.45) is 1.98. The molecule has 4 nitrogen and oxygen atoms in total. The number of nitrogens with zero attached hydrogens (tertiary/aromatic N) is 2. The van der Waals surface area contributed by atoms with Crippen LogP contribution in [0.5, 0.6) is 5.88 Å². The van der Waals surface area contributed by atoms with Crippen molar-refractivity contribution in [2.75, 3.05) is 0 Å². The molecule has 0 bridgehead atoms. The highest BCUT2D eigenvalue weighted by Gasteiger charge is 2.31. The molecule has 0 N–H and O–H groups in total.